The van der Waals surface area contributed by atoms with Crippen molar-refractivity contribution in [3.05, 3.63) is 70.8 Å². The van der Waals surface area contributed by atoms with Gasteiger partial charge in [0.05, 0.1) is 0 Å². The Morgan fingerprint density at radius 1 is 1.05 bits per heavy atom. The minimum absolute atomic E-state index is 0.0315. The van der Waals surface area contributed by atoms with E-state index in [-0.39, 0.29) is 12.2 Å². The molecule has 2 aromatic rings. The summed E-state index contributed by atoms with van der Waals surface area (Å²) in [5, 5.41) is 0. The number of carbonyl (C=O) groups is 1. The Kier molecular flexibility index (Phi) is 4.58. The molecule has 0 fully saturated rings. The Bertz CT molecular complexity index is 605. The van der Waals surface area contributed by atoms with E-state index in [2.05, 4.69) is 0 Å². The maximum atomic E-state index is 13.1. The van der Waals surface area contributed by atoms with Crippen LogP contribution in [0.25, 0.3) is 0 Å². The van der Waals surface area contributed by atoms with E-state index in [0.29, 0.717) is 24.1 Å². The molecule has 2 N–H and O–H groups in total. The van der Waals surface area contributed by atoms with E-state index in [0.717, 1.165) is 11.6 Å². The average Bonchev–Trinajstić information content (AvgIpc) is 2.38. The van der Waals surface area contributed by atoms with Crippen LogP contribution in [0.4, 0.5) is 8.78 Å². The van der Waals surface area contributed by atoms with Gasteiger partial charge in [-0.3, -0.25) is 4.79 Å². The van der Waals surface area contributed by atoms with Crippen molar-refractivity contribution < 1.29 is 13.6 Å². The molecule has 0 aliphatic heterocycles. The number of nitrogens with two attached hydrogens (primary N) is 1. The maximum absolute atomic E-state index is 13.1. The first-order chi connectivity index (χ1) is 9.60. The van der Waals surface area contributed by atoms with Crippen molar-refractivity contribution in [2.75, 3.05) is 6.54 Å². The number of benzene rings is 2. The first-order valence-corrected chi connectivity index (χ1v) is 6.36. The lowest BCUT2D eigenvalue weighted by Crippen LogP contribution is -2.11. The largest absolute Gasteiger partial charge is 0.330 e. The lowest BCUT2D eigenvalue weighted by Gasteiger charge is -2.08. The van der Waals surface area contributed by atoms with E-state index < -0.39 is 11.6 Å². The molecule has 2 aromatic carbocycles. The number of hydrogen-bond donors (Lipinski definition) is 1. The van der Waals surface area contributed by atoms with E-state index in [4.69, 9.17) is 5.73 Å². The number of carbonyl (C=O) groups excluding carboxylic acids is 1. The molecule has 0 aliphatic rings. The first kappa shape index (κ1) is 14.3. The number of rotatable bonds is 5. The standard InChI is InChI=1S/C16H15F2NO/c17-13-7-11(8-14(18)10-13)9-16(20)15-4-2-1-3-12(15)5-6-19/h1-4,7-8,10H,5-6,9,19H2. The zero-order chi connectivity index (χ0) is 14.5. The fraction of sp³-hybridized carbons (Fsp3) is 0.188. The summed E-state index contributed by atoms with van der Waals surface area (Å²) < 4.78 is 26.2. The van der Waals surface area contributed by atoms with Crippen LogP contribution in [0.1, 0.15) is 21.5 Å². The van der Waals surface area contributed by atoms with Crippen molar-refractivity contribution in [2.45, 2.75) is 12.8 Å². The van der Waals surface area contributed by atoms with Gasteiger partial charge in [0.2, 0.25) is 0 Å². The van der Waals surface area contributed by atoms with Gasteiger partial charge >= 0.3 is 0 Å². The highest BCUT2D eigenvalue weighted by Gasteiger charge is 2.12. The second-order valence-corrected chi connectivity index (χ2v) is 4.57. The highest BCUT2D eigenvalue weighted by Crippen LogP contribution is 2.15. The van der Waals surface area contributed by atoms with E-state index in [1.165, 1.54) is 12.1 Å². The van der Waals surface area contributed by atoms with Crippen molar-refractivity contribution >= 4 is 5.78 Å². The molecule has 0 bridgehead atoms. The van der Waals surface area contributed by atoms with E-state index in [1.54, 1.807) is 12.1 Å². The molecule has 104 valence electrons. The summed E-state index contributed by atoms with van der Waals surface area (Å²) in [6.45, 7) is 0.443. The van der Waals surface area contributed by atoms with Crippen LogP contribution in [-0.2, 0) is 12.8 Å². The molecule has 0 aromatic heterocycles. The molecule has 0 aliphatic carbocycles. The molecule has 0 atom stereocenters. The summed E-state index contributed by atoms with van der Waals surface area (Å²) >= 11 is 0. The zero-order valence-corrected chi connectivity index (χ0v) is 10.9. The molecular weight excluding hydrogens is 260 g/mol. The first-order valence-electron chi connectivity index (χ1n) is 6.36. The van der Waals surface area contributed by atoms with Crippen LogP contribution in [0, 0.1) is 11.6 Å². The summed E-state index contributed by atoms with van der Waals surface area (Å²) in [7, 11) is 0. The van der Waals surface area contributed by atoms with Gasteiger partial charge in [-0.15, -0.1) is 0 Å². The Balaban J connectivity index is 2.23. The van der Waals surface area contributed by atoms with Crippen molar-refractivity contribution in [3.8, 4) is 0 Å². The molecule has 2 rings (SSSR count). The molecule has 0 unspecified atom stereocenters. The zero-order valence-electron chi connectivity index (χ0n) is 10.9. The molecule has 0 amide bonds. The highest BCUT2D eigenvalue weighted by molar-refractivity contribution is 5.98. The summed E-state index contributed by atoms with van der Waals surface area (Å²) in [6.07, 6.45) is 0.565. The molecule has 20 heavy (non-hydrogen) atoms. The van der Waals surface area contributed by atoms with Crippen LogP contribution in [-0.4, -0.2) is 12.3 Å². The van der Waals surface area contributed by atoms with Crippen LogP contribution in [0.15, 0.2) is 42.5 Å². The van der Waals surface area contributed by atoms with Gasteiger partial charge in [0, 0.05) is 18.1 Å². The van der Waals surface area contributed by atoms with Gasteiger partial charge in [0.15, 0.2) is 5.78 Å². The molecule has 0 spiro atoms. The summed E-state index contributed by atoms with van der Waals surface area (Å²) in [6, 6.07) is 10.3. The smallest absolute Gasteiger partial charge is 0.167 e. The number of Topliss-reactive ketones (excluding diaryl/α,β-unsaturated/α-hetero) is 1. The second-order valence-electron chi connectivity index (χ2n) is 4.57. The fourth-order valence-corrected chi connectivity index (χ4v) is 2.16. The second kappa shape index (κ2) is 6.39. The normalized spacial score (nSPS) is 10.6. The Labute approximate surface area is 116 Å². The highest BCUT2D eigenvalue weighted by atomic mass is 19.1. The predicted octanol–water partition coefficient (Wildman–Crippen LogP) is 2.89. The van der Waals surface area contributed by atoms with Gasteiger partial charge in [0.1, 0.15) is 11.6 Å². The van der Waals surface area contributed by atoms with E-state index >= 15 is 0 Å². The lowest BCUT2D eigenvalue weighted by atomic mass is 9.97. The quantitative estimate of drug-likeness (QED) is 0.853. The maximum Gasteiger partial charge on any atom is 0.167 e. The monoisotopic (exact) mass is 275 g/mol. The van der Waals surface area contributed by atoms with Crippen LogP contribution in [0.2, 0.25) is 0 Å². The number of halogens is 2. The third-order valence-electron chi connectivity index (χ3n) is 3.02. The van der Waals surface area contributed by atoms with Gasteiger partial charge in [-0.1, -0.05) is 24.3 Å². The molecule has 0 heterocycles. The van der Waals surface area contributed by atoms with Crippen LogP contribution >= 0.6 is 0 Å². The number of ketones is 1. The third kappa shape index (κ3) is 3.48. The minimum Gasteiger partial charge on any atom is -0.330 e. The molecule has 0 radical (unpaired) electrons. The van der Waals surface area contributed by atoms with Gasteiger partial charge in [0.25, 0.3) is 0 Å². The van der Waals surface area contributed by atoms with Crippen LogP contribution < -0.4 is 5.73 Å². The van der Waals surface area contributed by atoms with Crippen molar-refractivity contribution in [2.24, 2.45) is 5.73 Å². The fourth-order valence-electron chi connectivity index (χ4n) is 2.16. The van der Waals surface area contributed by atoms with Gasteiger partial charge in [-0.25, -0.2) is 8.78 Å². The lowest BCUT2D eigenvalue weighted by molar-refractivity contribution is 0.0992. The molecule has 2 nitrogen and oxygen atoms in total. The van der Waals surface area contributed by atoms with Crippen LogP contribution in [0.3, 0.4) is 0 Å². The average molecular weight is 275 g/mol. The topological polar surface area (TPSA) is 43.1 Å². The summed E-state index contributed by atoms with van der Waals surface area (Å²) in [5.74, 6) is -1.52. The molecule has 0 saturated carbocycles. The summed E-state index contributed by atoms with van der Waals surface area (Å²) in [5.41, 5.74) is 7.26. The van der Waals surface area contributed by atoms with Crippen LogP contribution in [0.5, 0.6) is 0 Å². The molecule has 4 heteroatoms. The van der Waals surface area contributed by atoms with Gasteiger partial charge in [-0.2, -0.15) is 0 Å². The van der Waals surface area contributed by atoms with E-state index in [9.17, 15) is 13.6 Å². The Hall–Kier alpha value is -2.07. The SMILES string of the molecule is NCCc1ccccc1C(=O)Cc1cc(F)cc(F)c1. The van der Waals surface area contributed by atoms with E-state index in [1.807, 2.05) is 12.1 Å². The summed E-state index contributed by atoms with van der Waals surface area (Å²) in [4.78, 5) is 12.2. The number of hydrogen-bond acceptors (Lipinski definition) is 2. The minimum atomic E-state index is -0.678. The Morgan fingerprint density at radius 3 is 2.35 bits per heavy atom. The molecule has 0 saturated heterocycles. The van der Waals surface area contributed by atoms with Gasteiger partial charge < -0.3 is 5.73 Å². The third-order valence-corrected chi connectivity index (χ3v) is 3.02. The van der Waals surface area contributed by atoms with Crippen molar-refractivity contribution in [3.63, 3.8) is 0 Å². The predicted molar refractivity (Wildman–Crippen MR) is 73.6 cm³/mol. The Morgan fingerprint density at radius 2 is 1.70 bits per heavy atom. The van der Waals surface area contributed by atoms with Crippen molar-refractivity contribution in [1.82, 2.24) is 0 Å². The molecular formula is C16H15F2NO. The van der Waals surface area contributed by atoms with Crippen molar-refractivity contribution in [1.29, 1.82) is 0 Å². The van der Waals surface area contributed by atoms with Gasteiger partial charge in [-0.05, 0) is 36.2 Å².